The van der Waals surface area contributed by atoms with Gasteiger partial charge in [0.2, 0.25) is 0 Å². The van der Waals surface area contributed by atoms with Crippen LogP contribution in [0.3, 0.4) is 0 Å². The summed E-state index contributed by atoms with van der Waals surface area (Å²) in [5, 5.41) is 0. The molecule has 2 aliphatic rings. The number of rotatable bonds is 8. The highest BCUT2D eigenvalue weighted by atomic mass is 28.3. The summed E-state index contributed by atoms with van der Waals surface area (Å²) in [5.74, 6) is 0. The van der Waals surface area contributed by atoms with Crippen LogP contribution in [0.1, 0.15) is 71.6 Å². The van der Waals surface area contributed by atoms with Crippen LogP contribution in [-0.2, 0) is 9.47 Å². The highest BCUT2D eigenvalue weighted by Crippen LogP contribution is 2.49. The van der Waals surface area contributed by atoms with Gasteiger partial charge in [0.15, 0.2) is 0 Å². The highest BCUT2D eigenvalue weighted by molar-refractivity contribution is 6.82. The van der Waals surface area contributed by atoms with E-state index in [9.17, 15) is 0 Å². The van der Waals surface area contributed by atoms with E-state index in [2.05, 4.69) is 13.8 Å². The smallest absolute Gasteiger partial charge is 0.119 e. The fourth-order valence-corrected chi connectivity index (χ4v) is 10.6. The van der Waals surface area contributed by atoms with Crippen molar-refractivity contribution in [2.45, 2.75) is 82.7 Å². The molecule has 0 aromatic rings. The topological polar surface area (TPSA) is 18.5 Å². The van der Waals surface area contributed by atoms with Crippen molar-refractivity contribution in [1.29, 1.82) is 0 Å². The molecule has 0 aromatic heterocycles. The predicted octanol–water partition coefficient (Wildman–Crippen LogP) is 4.87. The molecule has 118 valence electrons. The first-order valence-electron chi connectivity index (χ1n) is 8.99. The molecule has 2 nitrogen and oxygen atoms in total. The fraction of sp³-hybridized carbons (Fsp3) is 1.00. The van der Waals surface area contributed by atoms with E-state index in [1.54, 1.807) is 0 Å². The predicted molar refractivity (Wildman–Crippen MR) is 87.8 cm³/mol. The lowest BCUT2D eigenvalue weighted by Crippen LogP contribution is -2.54. The molecular weight excluding hydrogens is 264 g/mol. The van der Waals surface area contributed by atoms with Gasteiger partial charge in [-0.25, -0.2) is 0 Å². The SMILES string of the molecule is CCOC[Si](COCC)(C1CCCCC1)C1CCCC1. The number of ether oxygens (including phenoxy) is 2. The molecule has 0 aromatic carbocycles. The van der Waals surface area contributed by atoms with Crippen molar-refractivity contribution in [3.05, 3.63) is 0 Å². The van der Waals surface area contributed by atoms with Crippen LogP contribution in [0.5, 0.6) is 0 Å². The molecule has 0 atom stereocenters. The molecule has 0 aliphatic heterocycles. The Labute approximate surface area is 126 Å². The standard InChI is InChI=1S/C17H34O2Si/c1-3-18-14-20(15-19-4-2,17-12-8-9-13-17)16-10-6-5-7-11-16/h16-17H,3-15H2,1-2H3. The first-order chi connectivity index (χ1) is 9.83. The second-order valence-electron chi connectivity index (χ2n) is 6.82. The van der Waals surface area contributed by atoms with E-state index in [1.165, 1.54) is 57.8 Å². The van der Waals surface area contributed by atoms with Crippen LogP contribution in [0.4, 0.5) is 0 Å². The van der Waals surface area contributed by atoms with Gasteiger partial charge in [-0.05, 0) is 24.9 Å². The maximum Gasteiger partial charge on any atom is 0.119 e. The molecule has 0 radical (unpaired) electrons. The summed E-state index contributed by atoms with van der Waals surface area (Å²) in [4.78, 5) is 0. The third kappa shape index (κ3) is 3.86. The molecule has 0 saturated heterocycles. The van der Waals surface area contributed by atoms with Gasteiger partial charge in [0.25, 0.3) is 0 Å². The van der Waals surface area contributed by atoms with Crippen molar-refractivity contribution in [2.24, 2.45) is 0 Å². The van der Waals surface area contributed by atoms with Gasteiger partial charge in [-0.1, -0.05) is 57.8 Å². The third-order valence-electron chi connectivity index (χ3n) is 5.74. The molecule has 2 aliphatic carbocycles. The quantitative estimate of drug-likeness (QED) is 0.595. The Morgan fingerprint density at radius 1 is 0.700 bits per heavy atom. The Hall–Kier alpha value is 0.137. The summed E-state index contributed by atoms with van der Waals surface area (Å²) >= 11 is 0. The van der Waals surface area contributed by atoms with Crippen LogP contribution in [0, 0.1) is 0 Å². The summed E-state index contributed by atoms with van der Waals surface area (Å²) in [7, 11) is -1.45. The van der Waals surface area contributed by atoms with Crippen LogP contribution >= 0.6 is 0 Å². The Morgan fingerprint density at radius 3 is 1.50 bits per heavy atom. The van der Waals surface area contributed by atoms with Crippen LogP contribution < -0.4 is 0 Å². The second-order valence-corrected chi connectivity index (χ2v) is 11.5. The van der Waals surface area contributed by atoms with Crippen molar-refractivity contribution >= 4 is 8.07 Å². The molecule has 2 fully saturated rings. The molecule has 0 unspecified atom stereocenters. The highest BCUT2D eigenvalue weighted by Gasteiger charge is 2.48. The lowest BCUT2D eigenvalue weighted by atomic mass is 10.0. The fourth-order valence-electron chi connectivity index (χ4n) is 4.61. The summed E-state index contributed by atoms with van der Waals surface area (Å²) in [6.07, 6.45) is 15.2. The summed E-state index contributed by atoms with van der Waals surface area (Å²) in [5.41, 5.74) is 1.95. The molecule has 2 saturated carbocycles. The van der Waals surface area contributed by atoms with Crippen LogP contribution in [0.15, 0.2) is 0 Å². The summed E-state index contributed by atoms with van der Waals surface area (Å²) in [6, 6.07) is 0. The van der Waals surface area contributed by atoms with Crippen molar-refractivity contribution in [3.63, 3.8) is 0 Å². The third-order valence-corrected chi connectivity index (χ3v) is 11.6. The first-order valence-corrected chi connectivity index (χ1v) is 11.6. The van der Waals surface area contributed by atoms with E-state index in [1.807, 2.05) is 0 Å². The molecule has 0 N–H and O–H groups in total. The average Bonchev–Trinajstić information content (AvgIpc) is 3.04. The average molecular weight is 299 g/mol. The minimum atomic E-state index is -1.45. The van der Waals surface area contributed by atoms with E-state index in [0.717, 1.165) is 36.8 Å². The van der Waals surface area contributed by atoms with E-state index in [4.69, 9.17) is 9.47 Å². The molecule has 2 rings (SSSR count). The maximum atomic E-state index is 6.04. The molecule has 20 heavy (non-hydrogen) atoms. The molecular formula is C17H34O2Si. The van der Waals surface area contributed by atoms with Crippen molar-refractivity contribution < 1.29 is 9.47 Å². The monoisotopic (exact) mass is 298 g/mol. The normalized spacial score (nSPS) is 22.5. The zero-order valence-corrected chi connectivity index (χ0v) is 14.7. The molecule has 0 amide bonds. The Bertz CT molecular complexity index is 250. The Balaban J connectivity index is 2.15. The Kier molecular flexibility index (Phi) is 7.06. The van der Waals surface area contributed by atoms with Gasteiger partial charge in [-0.2, -0.15) is 0 Å². The largest absolute Gasteiger partial charge is 0.385 e. The van der Waals surface area contributed by atoms with Crippen LogP contribution in [0.25, 0.3) is 0 Å². The minimum absolute atomic E-state index is 0.875. The maximum absolute atomic E-state index is 6.04. The lowest BCUT2D eigenvalue weighted by Gasteiger charge is -2.44. The van der Waals surface area contributed by atoms with E-state index < -0.39 is 8.07 Å². The van der Waals surface area contributed by atoms with Gasteiger partial charge < -0.3 is 9.47 Å². The number of hydrogen-bond acceptors (Lipinski definition) is 2. The number of hydrogen-bond donors (Lipinski definition) is 0. The van der Waals surface area contributed by atoms with Crippen molar-refractivity contribution in [2.75, 3.05) is 25.7 Å². The zero-order valence-electron chi connectivity index (χ0n) is 13.7. The molecule has 0 spiro atoms. The van der Waals surface area contributed by atoms with Crippen LogP contribution in [-0.4, -0.2) is 33.7 Å². The van der Waals surface area contributed by atoms with Crippen LogP contribution in [0.2, 0.25) is 11.1 Å². The summed E-state index contributed by atoms with van der Waals surface area (Å²) in [6.45, 7) is 6.05. The van der Waals surface area contributed by atoms with Gasteiger partial charge in [0.1, 0.15) is 8.07 Å². The van der Waals surface area contributed by atoms with Gasteiger partial charge in [0.05, 0.1) is 0 Å². The Morgan fingerprint density at radius 2 is 1.10 bits per heavy atom. The summed E-state index contributed by atoms with van der Waals surface area (Å²) < 4.78 is 12.1. The molecule has 0 bridgehead atoms. The minimum Gasteiger partial charge on any atom is -0.385 e. The first kappa shape index (κ1) is 16.5. The zero-order chi connectivity index (χ0) is 14.3. The van der Waals surface area contributed by atoms with Gasteiger partial charge >= 0.3 is 0 Å². The molecule has 0 heterocycles. The van der Waals surface area contributed by atoms with E-state index >= 15 is 0 Å². The van der Waals surface area contributed by atoms with Crippen molar-refractivity contribution in [3.8, 4) is 0 Å². The molecule has 3 heteroatoms. The second kappa shape index (κ2) is 8.55. The van der Waals surface area contributed by atoms with Gasteiger partial charge in [-0.3, -0.25) is 0 Å². The van der Waals surface area contributed by atoms with Gasteiger partial charge in [-0.15, -0.1) is 0 Å². The van der Waals surface area contributed by atoms with E-state index in [-0.39, 0.29) is 0 Å². The van der Waals surface area contributed by atoms with Crippen molar-refractivity contribution in [1.82, 2.24) is 0 Å². The van der Waals surface area contributed by atoms with E-state index in [0.29, 0.717) is 0 Å². The lowest BCUT2D eigenvalue weighted by molar-refractivity contribution is 0.155. The van der Waals surface area contributed by atoms with Gasteiger partial charge in [0, 0.05) is 25.7 Å².